The van der Waals surface area contributed by atoms with Crippen molar-refractivity contribution in [1.82, 2.24) is 0 Å². The molecule has 0 aliphatic carbocycles. The minimum atomic E-state index is -1.20. The molecule has 0 unspecified atom stereocenters. The molecular weight excluding hydrogens is 326 g/mol. The number of unbranched alkanes of at least 4 members (excludes halogenated alkanes) is 1. The van der Waals surface area contributed by atoms with Crippen LogP contribution in [0, 0.1) is 0 Å². The maximum absolute atomic E-state index is 6.23. The summed E-state index contributed by atoms with van der Waals surface area (Å²) in [5, 5.41) is 0. The van der Waals surface area contributed by atoms with Crippen molar-refractivity contribution >= 4 is 26.5 Å². The Morgan fingerprint density at radius 3 is 1.14 bits per heavy atom. The minimum absolute atomic E-state index is 0. The second-order valence-corrected chi connectivity index (χ2v) is 18.3. The van der Waals surface area contributed by atoms with Gasteiger partial charge < -0.3 is 12.4 Å². The van der Waals surface area contributed by atoms with Crippen LogP contribution in [0.3, 0.4) is 0 Å². The first-order chi connectivity index (χ1) is 8.92. The second kappa shape index (κ2) is 18.0. The maximum atomic E-state index is 6.23. The Labute approximate surface area is 160 Å². The third kappa shape index (κ3) is 13.7. The molecule has 0 atom stereocenters. The van der Waals surface area contributed by atoms with Gasteiger partial charge in [-0.2, -0.15) is 11.1 Å². The summed E-state index contributed by atoms with van der Waals surface area (Å²) in [6, 6.07) is 9.75. The molecule has 21 heavy (non-hydrogen) atoms. The molecular formula is C16H39Cl2LiSi2. The van der Waals surface area contributed by atoms with Crippen LogP contribution in [0.1, 0.15) is 61.3 Å². The summed E-state index contributed by atoms with van der Waals surface area (Å²) in [7, 11) is -1.94. The monoisotopic (exact) mass is 364 g/mol. The second-order valence-electron chi connectivity index (χ2n) is 5.88. The number of hydrogen-bond acceptors (Lipinski definition) is 0. The van der Waals surface area contributed by atoms with Gasteiger partial charge in [0.1, 0.15) is 0 Å². The van der Waals surface area contributed by atoms with Crippen LogP contribution in [0.5, 0.6) is 0 Å². The van der Waals surface area contributed by atoms with Gasteiger partial charge in [-0.05, 0) is 18.1 Å². The maximum Gasteiger partial charge on any atom is 1.00 e. The number of halogens is 2. The molecule has 126 valence electrons. The Balaban J connectivity index is -0.000000131. The normalized spacial score (nSPS) is 10.9. The van der Waals surface area contributed by atoms with Crippen LogP contribution < -0.4 is 31.3 Å². The molecule has 0 bridgehead atoms. The van der Waals surface area contributed by atoms with E-state index in [4.69, 9.17) is 11.1 Å². The third-order valence-corrected chi connectivity index (χ3v) is 17.3. The van der Waals surface area contributed by atoms with E-state index in [1.165, 1.54) is 49.1 Å². The van der Waals surface area contributed by atoms with E-state index in [0.29, 0.717) is 0 Å². The van der Waals surface area contributed by atoms with Gasteiger partial charge in [-0.3, -0.25) is 0 Å². The molecule has 0 spiro atoms. The predicted octanol–water partition coefficient (Wildman–Crippen LogP) is 1.53. The summed E-state index contributed by atoms with van der Waals surface area (Å²) < 4.78 is 0. The fraction of sp³-hybridized carbons (Fsp3) is 1.00. The zero-order valence-corrected chi connectivity index (χ0v) is 19.6. The Bertz CT molecular complexity index is 180. The first-order valence-corrected chi connectivity index (χ1v) is 15.1. The first kappa shape index (κ1) is 30.5. The van der Waals surface area contributed by atoms with E-state index in [1.807, 2.05) is 0 Å². The summed E-state index contributed by atoms with van der Waals surface area (Å²) in [4.78, 5) is 0. The largest absolute Gasteiger partial charge is 1.00 e. The smallest absolute Gasteiger partial charge is 1.00 e. The average molecular weight is 366 g/mol. The first-order valence-electron chi connectivity index (χ1n) is 8.61. The van der Waals surface area contributed by atoms with E-state index in [9.17, 15) is 0 Å². The molecule has 0 aromatic rings. The van der Waals surface area contributed by atoms with Crippen LogP contribution in [-0.2, 0) is 0 Å². The molecule has 0 fully saturated rings. The fourth-order valence-corrected chi connectivity index (χ4v) is 7.75. The van der Waals surface area contributed by atoms with E-state index in [2.05, 4.69) is 48.5 Å². The minimum Gasteiger partial charge on any atom is -1.00 e. The third-order valence-electron chi connectivity index (χ3n) is 5.21. The Morgan fingerprint density at radius 1 is 0.667 bits per heavy atom. The number of rotatable bonds is 9. The quantitative estimate of drug-likeness (QED) is 0.429. The van der Waals surface area contributed by atoms with E-state index < -0.39 is 15.5 Å². The van der Waals surface area contributed by atoms with Crippen molar-refractivity contribution in [2.24, 2.45) is 0 Å². The number of hydrogen-bond donors (Lipinski definition) is 0. The fourth-order valence-electron chi connectivity index (χ4n) is 2.58. The predicted molar refractivity (Wildman–Crippen MR) is 100.0 cm³/mol. The van der Waals surface area contributed by atoms with Crippen molar-refractivity contribution in [1.29, 1.82) is 0 Å². The van der Waals surface area contributed by atoms with Crippen LogP contribution >= 0.6 is 11.1 Å². The van der Waals surface area contributed by atoms with Crippen LogP contribution in [0.4, 0.5) is 0 Å². The van der Waals surface area contributed by atoms with Gasteiger partial charge in [-0.1, -0.05) is 85.5 Å². The van der Waals surface area contributed by atoms with Gasteiger partial charge in [0.2, 0.25) is 0 Å². The van der Waals surface area contributed by atoms with E-state index in [-0.39, 0.29) is 31.3 Å². The molecule has 0 heterocycles. The SMILES string of the molecule is CCCC[Si](CC)(CC)CC.CC[Si](Cl)(CC)CC.[Cl-].[Li+]. The molecule has 0 radical (unpaired) electrons. The van der Waals surface area contributed by atoms with Crippen molar-refractivity contribution < 1.29 is 31.3 Å². The summed E-state index contributed by atoms with van der Waals surface area (Å²) in [5.74, 6) is 0. The molecule has 0 aliphatic rings. The topological polar surface area (TPSA) is 0 Å². The molecule has 0 aliphatic heterocycles. The average Bonchev–Trinajstić information content (AvgIpc) is 2.49. The Hall–Kier alpha value is 1.61. The van der Waals surface area contributed by atoms with E-state index in [1.54, 1.807) is 6.04 Å². The molecule has 0 aromatic heterocycles. The van der Waals surface area contributed by atoms with Crippen molar-refractivity contribution in [2.75, 3.05) is 0 Å². The van der Waals surface area contributed by atoms with Gasteiger partial charge >= 0.3 is 18.9 Å². The molecule has 0 saturated heterocycles. The van der Waals surface area contributed by atoms with Crippen molar-refractivity contribution in [3.05, 3.63) is 0 Å². The molecule has 5 heteroatoms. The molecule has 0 nitrogen and oxygen atoms in total. The summed E-state index contributed by atoms with van der Waals surface area (Å²) in [5.41, 5.74) is 0. The summed E-state index contributed by atoms with van der Waals surface area (Å²) in [6.45, 7) is 16.1. The van der Waals surface area contributed by atoms with Crippen molar-refractivity contribution in [3.63, 3.8) is 0 Å². The zero-order chi connectivity index (χ0) is 15.4. The van der Waals surface area contributed by atoms with Gasteiger partial charge in [0.25, 0.3) is 0 Å². The summed E-state index contributed by atoms with van der Waals surface area (Å²) >= 11 is 6.23. The standard InChI is InChI=1S/C10H24Si.C6H15ClSi.ClH.Li/c1-5-9-10-11(6-2,7-3)8-4;1-4-8(7,5-2)6-3;;/h5-10H2,1-4H3;4-6H2,1-3H3;1H;/q;;;+1/p-1. The molecule has 0 aromatic carbocycles. The van der Waals surface area contributed by atoms with E-state index >= 15 is 0 Å². The van der Waals surface area contributed by atoms with E-state index in [0.717, 1.165) is 0 Å². The van der Waals surface area contributed by atoms with Crippen LogP contribution in [-0.4, -0.2) is 15.5 Å². The molecule has 0 N–H and O–H groups in total. The van der Waals surface area contributed by atoms with Crippen LogP contribution in [0.2, 0.25) is 42.3 Å². The zero-order valence-electron chi connectivity index (χ0n) is 16.1. The van der Waals surface area contributed by atoms with Gasteiger partial charge in [0, 0.05) is 0 Å². The Morgan fingerprint density at radius 2 is 1.00 bits per heavy atom. The Kier molecular flexibility index (Phi) is 26.1. The van der Waals surface area contributed by atoms with Crippen molar-refractivity contribution in [2.45, 2.75) is 104 Å². The van der Waals surface area contributed by atoms with Crippen LogP contribution in [0.25, 0.3) is 0 Å². The summed E-state index contributed by atoms with van der Waals surface area (Å²) in [6.07, 6.45) is 2.86. The molecule has 0 saturated carbocycles. The van der Waals surface area contributed by atoms with Gasteiger partial charge in [0.05, 0.1) is 8.07 Å². The van der Waals surface area contributed by atoms with Gasteiger partial charge in [-0.15, -0.1) is 0 Å². The van der Waals surface area contributed by atoms with Gasteiger partial charge in [-0.25, -0.2) is 0 Å². The molecule has 0 amide bonds. The van der Waals surface area contributed by atoms with Crippen molar-refractivity contribution in [3.8, 4) is 0 Å². The molecule has 0 rings (SSSR count). The van der Waals surface area contributed by atoms with Crippen LogP contribution in [0.15, 0.2) is 0 Å². The van der Waals surface area contributed by atoms with Gasteiger partial charge in [0.15, 0.2) is 7.38 Å².